The number of para-hydroxylation sites is 1. The summed E-state index contributed by atoms with van der Waals surface area (Å²) >= 11 is 0. The van der Waals surface area contributed by atoms with Crippen molar-refractivity contribution in [3.8, 4) is 0 Å². The average molecular weight is 215 g/mol. The minimum atomic E-state index is 0.135. The highest BCUT2D eigenvalue weighted by atomic mass is 14.9. The van der Waals surface area contributed by atoms with Crippen molar-refractivity contribution >= 4 is 5.69 Å². The Labute approximate surface area is 98.6 Å². The van der Waals surface area contributed by atoms with E-state index in [1.54, 1.807) is 0 Å². The molecule has 1 aliphatic heterocycles. The molecule has 0 saturated carbocycles. The number of benzene rings is 1. The Morgan fingerprint density at radius 2 is 2.06 bits per heavy atom. The molecule has 1 atom stereocenters. The molecule has 0 radical (unpaired) electrons. The third-order valence-electron chi connectivity index (χ3n) is 3.87. The molecule has 0 amide bonds. The number of hydrogen-bond donors (Lipinski definition) is 1. The Balaban J connectivity index is 2.48. The molecule has 86 valence electrons. The first-order valence-electron chi connectivity index (χ1n) is 6.08. The van der Waals surface area contributed by atoms with Crippen LogP contribution in [0, 0.1) is 5.92 Å². The average Bonchev–Trinajstić information content (AvgIpc) is 2.28. The van der Waals surface area contributed by atoms with Crippen molar-refractivity contribution in [1.82, 2.24) is 0 Å². The van der Waals surface area contributed by atoms with E-state index in [4.69, 9.17) is 0 Å². The Kier molecular flexibility index (Phi) is 2.79. The van der Waals surface area contributed by atoms with Crippen LogP contribution in [-0.2, 0) is 5.41 Å². The molecular weight excluding hydrogens is 194 g/mol. The van der Waals surface area contributed by atoms with Gasteiger partial charge in [-0.3, -0.25) is 0 Å². The summed E-state index contributed by atoms with van der Waals surface area (Å²) in [4.78, 5) is 0. The normalized spacial score (nSPS) is 23.8. The molecule has 0 aliphatic carbocycles. The van der Waals surface area contributed by atoms with Crippen LogP contribution in [0.5, 0.6) is 0 Å². The zero-order valence-electron chi connectivity index (χ0n) is 10.5. The first-order chi connectivity index (χ1) is 7.55. The van der Waals surface area contributed by atoms with Crippen LogP contribution < -0.4 is 5.32 Å². The fourth-order valence-corrected chi connectivity index (χ4v) is 2.67. The maximum Gasteiger partial charge on any atom is 0.0381 e. The maximum atomic E-state index is 4.32. The van der Waals surface area contributed by atoms with Crippen LogP contribution in [0.25, 0.3) is 0 Å². The van der Waals surface area contributed by atoms with E-state index >= 15 is 0 Å². The fraction of sp³-hybridized carbons (Fsp3) is 0.467. The van der Waals surface area contributed by atoms with Crippen LogP contribution in [0.1, 0.15) is 32.8 Å². The Morgan fingerprint density at radius 3 is 2.75 bits per heavy atom. The highest BCUT2D eigenvalue weighted by Gasteiger charge is 2.35. The monoisotopic (exact) mass is 215 g/mol. The molecule has 0 spiro atoms. The second kappa shape index (κ2) is 3.97. The van der Waals surface area contributed by atoms with Gasteiger partial charge in [0.05, 0.1) is 0 Å². The molecule has 0 bridgehead atoms. The molecule has 0 fully saturated rings. The lowest BCUT2D eigenvalue weighted by molar-refractivity contribution is 0.464. The smallest absolute Gasteiger partial charge is 0.0381 e. The van der Waals surface area contributed by atoms with Crippen LogP contribution in [0.4, 0.5) is 5.69 Å². The number of allylic oxidation sites excluding steroid dienone is 1. The van der Waals surface area contributed by atoms with Crippen molar-refractivity contribution in [3.63, 3.8) is 0 Å². The van der Waals surface area contributed by atoms with E-state index < -0.39 is 0 Å². The number of nitrogens with one attached hydrogen (secondary N) is 1. The molecule has 1 heterocycles. The van der Waals surface area contributed by atoms with Gasteiger partial charge < -0.3 is 5.32 Å². The minimum Gasteiger partial charge on any atom is -0.385 e. The molecule has 1 aromatic rings. The SMILES string of the molecule is C=C(C(C)C)C1(C)CCNc2ccccc21. The number of rotatable bonds is 2. The van der Waals surface area contributed by atoms with Gasteiger partial charge in [-0.05, 0) is 24.0 Å². The highest BCUT2D eigenvalue weighted by Crippen LogP contribution is 2.43. The quantitative estimate of drug-likeness (QED) is 0.736. The zero-order chi connectivity index (χ0) is 11.8. The van der Waals surface area contributed by atoms with Crippen molar-refractivity contribution in [3.05, 3.63) is 42.0 Å². The predicted molar refractivity (Wildman–Crippen MR) is 70.9 cm³/mol. The second-order valence-electron chi connectivity index (χ2n) is 5.23. The third kappa shape index (κ3) is 1.64. The number of anilines is 1. The number of hydrogen-bond acceptors (Lipinski definition) is 1. The molecule has 1 aliphatic rings. The summed E-state index contributed by atoms with van der Waals surface area (Å²) in [5.74, 6) is 0.538. The second-order valence-corrected chi connectivity index (χ2v) is 5.23. The van der Waals surface area contributed by atoms with Crippen LogP contribution in [-0.4, -0.2) is 6.54 Å². The molecular formula is C15H21N. The molecule has 1 nitrogen and oxygen atoms in total. The van der Waals surface area contributed by atoms with E-state index in [0.29, 0.717) is 5.92 Å². The topological polar surface area (TPSA) is 12.0 Å². The fourth-order valence-electron chi connectivity index (χ4n) is 2.67. The van der Waals surface area contributed by atoms with Crippen molar-refractivity contribution in [2.24, 2.45) is 5.92 Å². The molecule has 1 aromatic carbocycles. The van der Waals surface area contributed by atoms with E-state index in [1.807, 2.05) is 0 Å². The van der Waals surface area contributed by atoms with Gasteiger partial charge in [0.15, 0.2) is 0 Å². The van der Waals surface area contributed by atoms with Gasteiger partial charge in [-0.25, -0.2) is 0 Å². The van der Waals surface area contributed by atoms with Crippen molar-refractivity contribution in [2.45, 2.75) is 32.6 Å². The third-order valence-corrected chi connectivity index (χ3v) is 3.87. The van der Waals surface area contributed by atoms with E-state index in [9.17, 15) is 0 Å². The van der Waals surface area contributed by atoms with Crippen LogP contribution in [0.15, 0.2) is 36.4 Å². The first kappa shape index (κ1) is 11.3. The van der Waals surface area contributed by atoms with E-state index in [2.05, 4.69) is 56.9 Å². The standard InChI is InChI=1S/C15H21N/c1-11(2)12(3)15(4)9-10-16-14-8-6-5-7-13(14)15/h5-8,11,16H,3,9-10H2,1-2,4H3. The molecule has 1 heteroatoms. The predicted octanol–water partition coefficient (Wildman–Crippen LogP) is 3.97. The van der Waals surface area contributed by atoms with Gasteiger partial charge in [-0.2, -0.15) is 0 Å². The van der Waals surface area contributed by atoms with Gasteiger partial charge in [0.2, 0.25) is 0 Å². The highest BCUT2D eigenvalue weighted by molar-refractivity contribution is 5.59. The lowest BCUT2D eigenvalue weighted by Crippen LogP contribution is -2.34. The van der Waals surface area contributed by atoms with Gasteiger partial charge in [-0.15, -0.1) is 0 Å². The zero-order valence-corrected chi connectivity index (χ0v) is 10.5. The Hall–Kier alpha value is -1.24. The lowest BCUT2D eigenvalue weighted by atomic mass is 9.68. The Bertz CT molecular complexity index is 406. The van der Waals surface area contributed by atoms with E-state index in [0.717, 1.165) is 13.0 Å². The van der Waals surface area contributed by atoms with Crippen LogP contribution in [0.2, 0.25) is 0 Å². The summed E-state index contributed by atoms with van der Waals surface area (Å²) in [6.45, 7) is 12.2. The van der Waals surface area contributed by atoms with Gasteiger partial charge in [-0.1, -0.05) is 51.1 Å². The van der Waals surface area contributed by atoms with Gasteiger partial charge >= 0.3 is 0 Å². The van der Waals surface area contributed by atoms with Crippen LogP contribution in [0.3, 0.4) is 0 Å². The molecule has 1 unspecified atom stereocenters. The largest absolute Gasteiger partial charge is 0.385 e. The maximum absolute atomic E-state index is 4.32. The summed E-state index contributed by atoms with van der Waals surface area (Å²) in [5, 5.41) is 3.47. The van der Waals surface area contributed by atoms with E-state index in [1.165, 1.54) is 16.8 Å². The Morgan fingerprint density at radius 1 is 1.38 bits per heavy atom. The first-order valence-corrected chi connectivity index (χ1v) is 6.08. The molecule has 0 saturated heterocycles. The van der Waals surface area contributed by atoms with Crippen LogP contribution >= 0.6 is 0 Å². The summed E-state index contributed by atoms with van der Waals surface area (Å²) in [6, 6.07) is 8.61. The van der Waals surface area contributed by atoms with Gasteiger partial charge in [0, 0.05) is 17.6 Å². The van der Waals surface area contributed by atoms with Gasteiger partial charge in [0.25, 0.3) is 0 Å². The van der Waals surface area contributed by atoms with Crippen molar-refractivity contribution in [1.29, 1.82) is 0 Å². The van der Waals surface area contributed by atoms with Gasteiger partial charge in [0.1, 0.15) is 0 Å². The van der Waals surface area contributed by atoms with Crippen molar-refractivity contribution in [2.75, 3.05) is 11.9 Å². The number of fused-ring (bicyclic) bond motifs is 1. The molecule has 2 rings (SSSR count). The van der Waals surface area contributed by atoms with E-state index in [-0.39, 0.29) is 5.41 Å². The molecule has 16 heavy (non-hydrogen) atoms. The minimum absolute atomic E-state index is 0.135. The summed E-state index contributed by atoms with van der Waals surface area (Å²) < 4.78 is 0. The molecule has 0 aromatic heterocycles. The molecule has 1 N–H and O–H groups in total. The van der Waals surface area contributed by atoms with Crippen molar-refractivity contribution < 1.29 is 0 Å². The summed E-state index contributed by atoms with van der Waals surface area (Å²) in [5.41, 5.74) is 4.16. The summed E-state index contributed by atoms with van der Waals surface area (Å²) in [7, 11) is 0. The summed E-state index contributed by atoms with van der Waals surface area (Å²) in [6.07, 6.45) is 1.14. The lowest BCUT2D eigenvalue weighted by Gasteiger charge is -2.39.